The zero-order valence-corrected chi connectivity index (χ0v) is 13.3. The largest absolute Gasteiger partial charge is 0.467 e. The van der Waals surface area contributed by atoms with Crippen LogP contribution in [-0.4, -0.2) is 54.9 Å². The molecule has 0 aromatic carbocycles. The van der Waals surface area contributed by atoms with Crippen molar-refractivity contribution in [1.29, 1.82) is 0 Å². The summed E-state index contributed by atoms with van der Waals surface area (Å²) in [5.74, 6) is -1.10. The van der Waals surface area contributed by atoms with Crippen molar-refractivity contribution in [2.75, 3.05) is 14.2 Å². The molecule has 1 N–H and O–H groups in total. The highest BCUT2D eigenvalue weighted by molar-refractivity contribution is 5.92. The van der Waals surface area contributed by atoms with Crippen LogP contribution in [0.3, 0.4) is 0 Å². The predicted molar refractivity (Wildman–Crippen MR) is 76.2 cm³/mol. The normalized spacial score (nSPS) is 37.3. The number of ether oxygens (including phenoxy) is 3. The van der Waals surface area contributed by atoms with Crippen LogP contribution in [-0.2, 0) is 28.6 Å². The Labute approximate surface area is 134 Å². The molecule has 23 heavy (non-hydrogen) atoms. The van der Waals surface area contributed by atoms with E-state index in [1.54, 1.807) is 0 Å². The van der Waals surface area contributed by atoms with Gasteiger partial charge >= 0.3 is 11.9 Å². The van der Waals surface area contributed by atoms with Gasteiger partial charge in [0, 0.05) is 5.92 Å². The van der Waals surface area contributed by atoms with Crippen LogP contribution in [0.4, 0.5) is 0 Å². The average Bonchev–Trinajstić information content (AvgIpc) is 2.54. The molecule has 4 aliphatic rings. The Morgan fingerprint density at radius 2 is 1.65 bits per heavy atom. The van der Waals surface area contributed by atoms with Crippen LogP contribution in [0.1, 0.15) is 32.1 Å². The van der Waals surface area contributed by atoms with E-state index >= 15 is 0 Å². The molecule has 0 aromatic heterocycles. The molecule has 4 aliphatic carbocycles. The number of hydrogen-bond acceptors (Lipinski definition) is 7. The number of esters is 2. The summed E-state index contributed by atoms with van der Waals surface area (Å²) in [6.07, 6.45) is 0.560. The number of carbonyl (C=O) groups is 3. The molecule has 2 unspecified atom stereocenters. The number of rotatable bonds is 5. The van der Waals surface area contributed by atoms with E-state index in [0.717, 1.165) is 33.5 Å². The van der Waals surface area contributed by atoms with Crippen LogP contribution >= 0.6 is 0 Å². The summed E-state index contributed by atoms with van der Waals surface area (Å²) in [5.41, 5.74) is -1.08. The number of carbonyl (C=O) groups excluding carboxylic acids is 3. The minimum atomic E-state index is -1.81. The standard InChI is InChI=1S/C16H22O7/c1-21-14(19)11(17)12(15(20)22-2)23-16-6-8-3-9(7-16)5-10(4-8)13(16)18/h8-12,17H,3-7H2,1-2H3/t8?,9?,10?,11-,12-,16?/m1/s1. The fourth-order valence-corrected chi connectivity index (χ4v) is 4.70. The average molecular weight is 326 g/mol. The van der Waals surface area contributed by atoms with Gasteiger partial charge in [-0.15, -0.1) is 0 Å². The third-order valence-corrected chi connectivity index (χ3v) is 5.47. The highest BCUT2D eigenvalue weighted by atomic mass is 16.6. The van der Waals surface area contributed by atoms with Gasteiger partial charge in [0.15, 0.2) is 18.0 Å². The molecule has 4 rings (SSSR count). The van der Waals surface area contributed by atoms with Crippen molar-refractivity contribution >= 4 is 17.7 Å². The van der Waals surface area contributed by atoms with E-state index in [0.29, 0.717) is 24.7 Å². The lowest BCUT2D eigenvalue weighted by Gasteiger charge is -2.55. The van der Waals surface area contributed by atoms with Crippen LogP contribution in [0.2, 0.25) is 0 Å². The van der Waals surface area contributed by atoms with Crippen molar-refractivity contribution in [2.45, 2.75) is 49.9 Å². The Hall–Kier alpha value is -1.47. The molecule has 0 amide bonds. The molecule has 4 saturated carbocycles. The summed E-state index contributed by atoms with van der Waals surface area (Å²) in [7, 11) is 2.25. The quantitative estimate of drug-likeness (QED) is 0.722. The van der Waals surface area contributed by atoms with Gasteiger partial charge in [-0.05, 0) is 43.9 Å². The van der Waals surface area contributed by atoms with Crippen molar-refractivity contribution in [2.24, 2.45) is 17.8 Å². The number of Topliss-reactive ketones (excluding diaryl/α,β-unsaturated/α-hetero) is 1. The Bertz CT molecular complexity index is 515. The maximum absolute atomic E-state index is 12.7. The summed E-state index contributed by atoms with van der Waals surface area (Å²) in [6, 6.07) is 0. The molecule has 0 radical (unpaired) electrons. The van der Waals surface area contributed by atoms with Gasteiger partial charge in [0.25, 0.3) is 0 Å². The van der Waals surface area contributed by atoms with E-state index in [1.807, 2.05) is 0 Å². The Balaban J connectivity index is 1.85. The molecule has 4 bridgehead atoms. The van der Waals surface area contributed by atoms with Gasteiger partial charge in [-0.3, -0.25) is 4.79 Å². The van der Waals surface area contributed by atoms with E-state index < -0.39 is 29.7 Å². The van der Waals surface area contributed by atoms with Crippen molar-refractivity contribution in [3.63, 3.8) is 0 Å². The highest BCUT2D eigenvalue weighted by Crippen LogP contribution is 2.55. The van der Waals surface area contributed by atoms with Crippen LogP contribution in [0, 0.1) is 17.8 Å². The highest BCUT2D eigenvalue weighted by Gasteiger charge is 2.59. The summed E-state index contributed by atoms with van der Waals surface area (Å²) in [5, 5.41) is 10.1. The van der Waals surface area contributed by atoms with Crippen LogP contribution < -0.4 is 0 Å². The van der Waals surface area contributed by atoms with E-state index in [4.69, 9.17) is 4.74 Å². The Kier molecular flexibility index (Phi) is 4.18. The molecule has 0 saturated heterocycles. The lowest BCUT2D eigenvalue weighted by Crippen LogP contribution is -2.62. The first-order chi connectivity index (χ1) is 10.9. The monoisotopic (exact) mass is 326 g/mol. The topological polar surface area (TPSA) is 99.1 Å². The maximum atomic E-state index is 12.7. The molecule has 4 atom stereocenters. The molecule has 0 spiro atoms. The first-order valence-electron chi connectivity index (χ1n) is 7.96. The van der Waals surface area contributed by atoms with Crippen LogP contribution in [0.5, 0.6) is 0 Å². The van der Waals surface area contributed by atoms with Crippen LogP contribution in [0.15, 0.2) is 0 Å². The van der Waals surface area contributed by atoms with E-state index in [-0.39, 0.29) is 11.7 Å². The Morgan fingerprint density at radius 3 is 2.17 bits per heavy atom. The van der Waals surface area contributed by atoms with Gasteiger partial charge in [-0.1, -0.05) is 0 Å². The number of aliphatic hydroxyl groups excluding tert-OH is 1. The first kappa shape index (κ1) is 16.4. The van der Waals surface area contributed by atoms with E-state index in [9.17, 15) is 19.5 Å². The summed E-state index contributed by atoms with van der Waals surface area (Å²) < 4.78 is 14.9. The molecule has 7 heteroatoms. The van der Waals surface area contributed by atoms with Crippen molar-refractivity contribution in [3.05, 3.63) is 0 Å². The minimum absolute atomic E-state index is 0.00401. The number of aliphatic hydroxyl groups is 1. The molecule has 0 aliphatic heterocycles. The second kappa shape index (κ2) is 5.87. The molecule has 7 nitrogen and oxygen atoms in total. The second-order valence-corrected chi connectivity index (χ2v) is 6.93. The van der Waals surface area contributed by atoms with Gasteiger partial charge in [0.2, 0.25) is 0 Å². The second-order valence-electron chi connectivity index (χ2n) is 6.93. The lowest BCUT2D eigenvalue weighted by atomic mass is 9.53. The zero-order chi connectivity index (χ0) is 16.8. The first-order valence-corrected chi connectivity index (χ1v) is 7.96. The SMILES string of the molecule is COC(=O)[C@H](O)[C@@H](OC12CC3CC(CC(C3)C1=O)C2)C(=O)OC. The molecule has 0 heterocycles. The van der Waals surface area contributed by atoms with Gasteiger partial charge in [0.1, 0.15) is 5.60 Å². The van der Waals surface area contributed by atoms with E-state index in [1.165, 1.54) is 0 Å². The molecular formula is C16H22O7. The van der Waals surface area contributed by atoms with Gasteiger partial charge in [-0.25, -0.2) is 9.59 Å². The summed E-state index contributed by atoms with van der Waals surface area (Å²) in [6.45, 7) is 0. The number of hydrogen-bond donors (Lipinski definition) is 1. The maximum Gasteiger partial charge on any atom is 0.338 e. The van der Waals surface area contributed by atoms with E-state index in [2.05, 4.69) is 9.47 Å². The third kappa shape index (κ3) is 2.65. The zero-order valence-electron chi connectivity index (χ0n) is 13.3. The fraction of sp³-hybridized carbons (Fsp3) is 0.812. The van der Waals surface area contributed by atoms with Crippen LogP contribution in [0.25, 0.3) is 0 Å². The molecule has 0 aromatic rings. The Morgan fingerprint density at radius 1 is 1.09 bits per heavy atom. The summed E-state index contributed by atoms with van der Waals surface area (Å²) in [4.78, 5) is 36.3. The van der Waals surface area contributed by atoms with Gasteiger partial charge in [0.05, 0.1) is 14.2 Å². The number of methoxy groups -OCH3 is 2. The summed E-state index contributed by atoms with van der Waals surface area (Å²) >= 11 is 0. The third-order valence-electron chi connectivity index (χ3n) is 5.47. The fourth-order valence-electron chi connectivity index (χ4n) is 4.70. The van der Waals surface area contributed by atoms with Gasteiger partial charge in [-0.2, -0.15) is 0 Å². The molecule has 4 fully saturated rings. The van der Waals surface area contributed by atoms with Crippen molar-refractivity contribution in [3.8, 4) is 0 Å². The predicted octanol–water partition coefficient (Wildman–Crippen LogP) is 0.226. The number of ketones is 1. The van der Waals surface area contributed by atoms with Crippen molar-refractivity contribution < 1.29 is 33.7 Å². The van der Waals surface area contributed by atoms with Crippen molar-refractivity contribution in [1.82, 2.24) is 0 Å². The molecule has 128 valence electrons. The smallest absolute Gasteiger partial charge is 0.338 e. The van der Waals surface area contributed by atoms with Gasteiger partial charge < -0.3 is 19.3 Å². The molecular weight excluding hydrogens is 304 g/mol. The lowest BCUT2D eigenvalue weighted by molar-refractivity contribution is -0.215. The minimum Gasteiger partial charge on any atom is -0.467 e.